The molecule has 1 heterocycles. The van der Waals surface area contributed by atoms with E-state index in [2.05, 4.69) is 30.6 Å². The standard InChI is InChI=1S/C9H7BrN2O2/c10-7-4-2-1-3-6(7)5-8-11-9(13)14-12-8/h1-4H,5H2,(H,11,12,13). The molecule has 0 aliphatic carbocycles. The third-order valence-corrected chi connectivity index (χ3v) is 2.57. The number of halogens is 1. The maximum atomic E-state index is 10.7. The molecule has 5 heteroatoms. The zero-order valence-electron chi connectivity index (χ0n) is 7.16. The van der Waals surface area contributed by atoms with Gasteiger partial charge in [-0.25, -0.2) is 4.79 Å². The summed E-state index contributed by atoms with van der Waals surface area (Å²) >= 11 is 3.41. The number of aromatic amines is 1. The van der Waals surface area contributed by atoms with Crippen molar-refractivity contribution < 1.29 is 4.52 Å². The van der Waals surface area contributed by atoms with Crippen molar-refractivity contribution in [2.75, 3.05) is 0 Å². The van der Waals surface area contributed by atoms with E-state index < -0.39 is 5.76 Å². The van der Waals surface area contributed by atoms with Crippen LogP contribution >= 0.6 is 15.9 Å². The Balaban J connectivity index is 2.27. The van der Waals surface area contributed by atoms with E-state index in [1.165, 1.54) is 0 Å². The number of aromatic nitrogens is 2. The quantitative estimate of drug-likeness (QED) is 0.888. The van der Waals surface area contributed by atoms with Gasteiger partial charge in [-0.05, 0) is 11.6 Å². The second-order valence-electron chi connectivity index (χ2n) is 2.81. The lowest BCUT2D eigenvalue weighted by Crippen LogP contribution is -1.98. The molecule has 0 saturated heterocycles. The fourth-order valence-corrected chi connectivity index (χ4v) is 1.58. The van der Waals surface area contributed by atoms with Crippen LogP contribution in [0.2, 0.25) is 0 Å². The average molecular weight is 255 g/mol. The first kappa shape index (κ1) is 9.21. The molecule has 1 aromatic heterocycles. The minimum absolute atomic E-state index is 0.521. The Morgan fingerprint density at radius 2 is 2.21 bits per heavy atom. The molecule has 0 fully saturated rings. The Hall–Kier alpha value is -1.36. The summed E-state index contributed by atoms with van der Waals surface area (Å²) in [6.07, 6.45) is 0.549. The van der Waals surface area contributed by atoms with Crippen molar-refractivity contribution in [1.29, 1.82) is 0 Å². The Morgan fingerprint density at radius 1 is 1.43 bits per heavy atom. The minimum Gasteiger partial charge on any atom is -0.296 e. The fraction of sp³-hybridized carbons (Fsp3) is 0.111. The molecule has 0 aliphatic rings. The van der Waals surface area contributed by atoms with Gasteiger partial charge in [0, 0.05) is 10.9 Å². The second-order valence-corrected chi connectivity index (χ2v) is 3.66. The van der Waals surface area contributed by atoms with Crippen molar-refractivity contribution in [3.05, 3.63) is 50.7 Å². The molecule has 0 amide bonds. The molecule has 0 atom stereocenters. The summed E-state index contributed by atoms with van der Waals surface area (Å²) in [6, 6.07) is 7.75. The first-order valence-corrected chi connectivity index (χ1v) is 4.83. The van der Waals surface area contributed by atoms with Gasteiger partial charge in [0.25, 0.3) is 0 Å². The van der Waals surface area contributed by atoms with Crippen molar-refractivity contribution in [2.24, 2.45) is 0 Å². The third kappa shape index (κ3) is 1.93. The molecule has 0 unspecified atom stereocenters. The van der Waals surface area contributed by atoms with Gasteiger partial charge in [-0.1, -0.05) is 39.3 Å². The zero-order chi connectivity index (χ0) is 9.97. The largest absolute Gasteiger partial charge is 0.438 e. The molecule has 2 aromatic rings. The van der Waals surface area contributed by atoms with Crippen LogP contribution < -0.4 is 5.76 Å². The SMILES string of the molecule is O=c1[nH]c(Cc2ccccc2Br)no1. The van der Waals surface area contributed by atoms with E-state index in [0.717, 1.165) is 10.0 Å². The summed E-state index contributed by atoms with van der Waals surface area (Å²) < 4.78 is 5.39. The van der Waals surface area contributed by atoms with Crippen LogP contribution in [-0.4, -0.2) is 10.1 Å². The van der Waals surface area contributed by atoms with Gasteiger partial charge in [0.1, 0.15) is 0 Å². The highest BCUT2D eigenvalue weighted by molar-refractivity contribution is 9.10. The van der Waals surface area contributed by atoms with Crippen molar-refractivity contribution in [3.63, 3.8) is 0 Å². The van der Waals surface area contributed by atoms with E-state index >= 15 is 0 Å². The predicted octanol–water partition coefficient (Wildman–Crippen LogP) is 1.72. The number of rotatable bonds is 2. The molecule has 2 rings (SSSR count). The Labute approximate surface area is 88.1 Å². The summed E-state index contributed by atoms with van der Waals surface area (Å²) in [5.74, 6) is 0.00829. The maximum Gasteiger partial charge on any atom is 0.438 e. The van der Waals surface area contributed by atoms with Crippen molar-refractivity contribution >= 4 is 15.9 Å². The fourth-order valence-electron chi connectivity index (χ4n) is 1.16. The molecular weight excluding hydrogens is 248 g/mol. The summed E-state index contributed by atoms with van der Waals surface area (Å²) in [6.45, 7) is 0. The number of hydrogen-bond acceptors (Lipinski definition) is 3. The van der Waals surface area contributed by atoms with E-state index in [9.17, 15) is 4.79 Å². The molecule has 0 aliphatic heterocycles. The van der Waals surface area contributed by atoms with Crippen LogP contribution in [0.25, 0.3) is 0 Å². The molecular formula is C9H7BrN2O2. The highest BCUT2D eigenvalue weighted by Gasteiger charge is 2.04. The second kappa shape index (κ2) is 3.79. The van der Waals surface area contributed by atoms with E-state index in [4.69, 9.17) is 0 Å². The number of hydrogen-bond donors (Lipinski definition) is 1. The van der Waals surface area contributed by atoms with Gasteiger partial charge in [-0.2, -0.15) is 0 Å². The van der Waals surface area contributed by atoms with Crippen LogP contribution in [0.5, 0.6) is 0 Å². The summed E-state index contributed by atoms with van der Waals surface area (Å²) in [5.41, 5.74) is 1.05. The first-order chi connectivity index (χ1) is 6.75. The average Bonchev–Trinajstić information content (AvgIpc) is 2.56. The molecule has 4 nitrogen and oxygen atoms in total. The molecule has 1 N–H and O–H groups in total. The maximum absolute atomic E-state index is 10.7. The number of H-pyrrole nitrogens is 1. The highest BCUT2D eigenvalue weighted by atomic mass is 79.9. The normalized spacial score (nSPS) is 10.4. The lowest BCUT2D eigenvalue weighted by atomic mass is 10.1. The van der Waals surface area contributed by atoms with Gasteiger partial charge < -0.3 is 0 Å². The van der Waals surface area contributed by atoms with Crippen LogP contribution in [0.1, 0.15) is 11.4 Å². The Bertz CT molecular complexity index is 489. The topological polar surface area (TPSA) is 58.9 Å². The van der Waals surface area contributed by atoms with E-state index in [1.807, 2.05) is 24.3 Å². The molecule has 0 saturated carbocycles. The van der Waals surface area contributed by atoms with Crippen molar-refractivity contribution in [1.82, 2.24) is 10.1 Å². The smallest absolute Gasteiger partial charge is 0.296 e. The van der Waals surface area contributed by atoms with Gasteiger partial charge in [0.2, 0.25) is 0 Å². The molecule has 0 radical (unpaired) electrons. The van der Waals surface area contributed by atoms with Crippen LogP contribution in [0.4, 0.5) is 0 Å². The first-order valence-electron chi connectivity index (χ1n) is 4.04. The summed E-state index contributed by atoms with van der Waals surface area (Å²) in [4.78, 5) is 13.2. The molecule has 0 bridgehead atoms. The van der Waals surface area contributed by atoms with Crippen molar-refractivity contribution in [2.45, 2.75) is 6.42 Å². The monoisotopic (exact) mass is 254 g/mol. The van der Waals surface area contributed by atoms with E-state index in [-0.39, 0.29) is 0 Å². The Kier molecular flexibility index (Phi) is 2.49. The molecule has 0 spiro atoms. The Morgan fingerprint density at radius 3 is 2.86 bits per heavy atom. The van der Waals surface area contributed by atoms with Crippen LogP contribution in [0.15, 0.2) is 38.1 Å². The van der Waals surface area contributed by atoms with Gasteiger partial charge >= 0.3 is 5.76 Å². The number of nitrogens with zero attached hydrogens (tertiary/aromatic N) is 1. The molecule has 14 heavy (non-hydrogen) atoms. The summed E-state index contributed by atoms with van der Waals surface area (Å²) in [5, 5.41) is 3.59. The van der Waals surface area contributed by atoms with E-state index in [1.54, 1.807) is 0 Å². The third-order valence-electron chi connectivity index (χ3n) is 1.80. The van der Waals surface area contributed by atoms with Gasteiger partial charge in [0.15, 0.2) is 5.82 Å². The van der Waals surface area contributed by atoms with Crippen LogP contribution in [0.3, 0.4) is 0 Å². The highest BCUT2D eigenvalue weighted by Crippen LogP contribution is 2.17. The van der Waals surface area contributed by atoms with Gasteiger partial charge in [0.05, 0.1) is 0 Å². The van der Waals surface area contributed by atoms with Gasteiger partial charge in [-0.3, -0.25) is 9.51 Å². The van der Waals surface area contributed by atoms with Gasteiger partial charge in [-0.15, -0.1) is 0 Å². The molecule has 72 valence electrons. The predicted molar refractivity (Wildman–Crippen MR) is 54.1 cm³/mol. The lowest BCUT2D eigenvalue weighted by Gasteiger charge is -1.99. The zero-order valence-corrected chi connectivity index (χ0v) is 8.74. The van der Waals surface area contributed by atoms with Crippen molar-refractivity contribution in [3.8, 4) is 0 Å². The number of benzene rings is 1. The molecule has 1 aromatic carbocycles. The van der Waals surface area contributed by atoms with E-state index in [0.29, 0.717) is 12.2 Å². The minimum atomic E-state index is -0.521. The summed E-state index contributed by atoms with van der Waals surface area (Å²) in [7, 11) is 0. The van der Waals surface area contributed by atoms with Crippen LogP contribution in [-0.2, 0) is 6.42 Å². The number of nitrogens with one attached hydrogen (secondary N) is 1. The lowest BCUT2D eigenvalue weighted by molar-refractivity contribution is 0.382. The van der Waals surface area contributed by atoms with Crippen LogP contribution in [0, 0.1) is 0 Å².